The molecule has 5 nitrogen and oxygen atoms in total. The van der Waals surface area contributed by atoms with Crippen LogP contribution in [0.1, 0.15) is 49.7 Å². The Labute approximate surface area is 171 Å². The first kappa shape index (κ1) is 22.5. The second kappa shape index (κ2) is 9.32. The highest BCUT2D eigenvalue weighted by Gasteiger charge is 2.34. The summed E-state index contributed by atoms with van der Waals surface area (Å²) in [5, 5.41) is 0. The minimum atomic E-state index is -4.33. The van der Waals surface area contributed by atoms with E-state index < -0.39 is 21.9 Å². The van der Waals surface area contributed by atoms with Crippen LogP contribution in [0.15, 0.2) is 24.3 Å². The molecule has 1 aromatic rings. The van der Waals surface area contributed by atoms with Crippen molar-refractivity contribution in [3.8, 4) is 0 Å². The molecule has 3 rings (SSSR count). The van der Waals surface area contributed by atoms with E-state index >= 15 is 0 Å². The van der Waals surface area contributed by atoms with Crippen LogP contribution in [0.3, 0.4) is 0 Å². The molecule has 0 aromatic heterocycles. The van der Waals surface area contributed by atoms with Gasteiger partial charge >= 0.3 is 6.18 Å². The molecule has 0 bridgehead atoms. The molecule has 1 saturated carbocycles. The summed E-state index contributed by atoms with van der Waals surface area (Å²) in [7, 11) is -1.80. The molecule has 2 fully saturated rings. The lowest BCUT2D eigenvalue weighted by molar-refractivity contribution is -0.137. The van der Waals surface area contributed by atoms with Crippen molar-refractivity contribution in [2.45, 2.75) is 57.3 Å². The fourth-order valence-corrected chi connectivity index (χ4v) is 5.83. The Bertz CT molecular complexity index is 762. The molecule has 0 spiro atoms. The number of benzene rings is 1. The lowest BCUT2D eigenvalue weighted by Gasteiger charge is -2.34. The topological polar surface area (TPSA) is 43.9 Å². The highest BCUT2D eigenvalue weighted by molar-refractivity contribution is 7.86. The van der Waals surface area contributed by atoms with Gasteiger partial charge in [0.1, 0.15) is 0 Å². The molecule has 9 heteroatoms. The minimum Gasteiger partial charge on any atom is -0.298 e. The Morgan fingerprint density at radius 3 is 2.24 bits per heavy atom. The molecule has 1 heterocycles. The molecule has 0 unspecified atom stereocenters. The second-order valence-corrected chi connectivity index (χ2v) is 10.0. The minimum absolute atomic E-state index is 0.0836. The van der Waals surface area contributed by atoms with E-state index in [1.165, 1.54) is 18.6 Å². The van der Waals surface area contributed by atoms with E-state index in [1.807, 2.05) is 0 Å². The molecule has 0 radical (unpaired) electrons. The molecule has 164 valence electrons. The molecule has 0 amide bonds. The number of rotatable bonds is 5. The summed E-state index contributed by atoms with van der Waals surface area (Å²) < 4.78 is 67.4. The van der Waals surface area contributed by atoms with Crippen molar-refractivity contribution in [2.24, 2.45) is 0 Å². The maximum absolute atomic E-state index is 13.1. The average Bonchev–Trinajstić information content (AvgIpc) is 2.94. The Balaban J connectivity index is 1.58. The lowest BCUT2D eigenvalue weighted by atomic mass is 9.96. The van der Waals surface area contributed by atoms with E-state index in [0.717, 1.165) is 49.9 Å². The van der Waals surface area contributed by atoms with E-state index in [1.54, 1.807) is 15.7 Å². The smallest absolute Gasteiger partial charge is 0.298 e. The van der Waals surface area contributed by atoms with Gasteiger partial charge in [-0.15, -0.1) is 0 Å². The van der Waals surface area contributed by atoms with Crippen molar-refractivity contribution in [3.63, 3.8) is 0 Å². The third-order valence-electron chi connectivity index (χ3n) is 6.01. The number of nitrogens with zero attached hydrogens (tertiary/aromatic N) is 3. The Kier molecular flexibility index (Phi) is 7.24. The molecule has 1 aliphatic heterocycles. The average molecular weight is 434 g/mol. The predicted octanol–water partition coefficient (Wildman–Crippen LogP) is 3.72. The van der Waals surface area contributed by atoms with Gasteiger partial charge in [-0.1, -0.05) is 31.4 Å². The van der Waals surface area contributed by atoms with Gasteiger partial charge in [-0.2, -0.15) is 30.2 Å². The van der Waals surface area contributed by atoms with Crippen molar-refractivity contribution in [1.82, 2.24) is 13.5 Å². The quantitative estimate of drug-likeness (QED) is 0.711. The zero-order valence-electron chi connectivity index (χ0n) is 16.9. The monoisotopic (exact) mass is 433 g/mol. The first-order valence-electron chi connectivity index (χ1n) is 10.3. The highest BCUT2D eigenvalue weighted by Crippen LogP contribution is 2.29. The van der Waals surface area contributed by atoms with Crippen LogP contribution in [-0.2, 0) is 22.9 Å². The van der Waals surface area contributed by atoms with Crippen LogP contribution in [-0.4, -0.2) is 61.2 Å². The van der Waals surface area contributed by atoms with Gasteiger partial charge in [0.2, 0.25) is 0 Å². The van der Waals surface area contributed by atoms with Gasteiger partial charge in [0, 0.05) is 39.3 Å². The Morgan fingerprint density at radius 1 is 0.966 bits per heavy atom. The maximum atomic E-state index is 13.1. The van der Waals surface area contributed by atoms with Crippen LogP contribution in [0.5, 0.6) is 0 Å². The van der Waals surface area contributed by atoms with Crippen LogP contribution >= 0.6 is 0 Å². The summed E-state index contributed by atoms with van der Waals surface area (Å²) in [4.78, 5) is 2.11. The SMILES string of the molecule is CN(C1CCCCC1)S(=O)(=O)N1CCCN(Cc2ccc(C(F)(F)F)cc2)CC1. The summed E-state index contributed by atoms with van der Waals surface area (Å²) >= 11 is 0. The molecule has 0 N–H and O–H groups in total. The van der Waals surface area contributed by atoms with Crippen LogP contribution < -0.4 is 0 Å². The normalized spacial score (nSPS) is 21.4. The molecular weight excluding hydrogens is 403 g/mol. The molecule has 2 aliphatic rings. The molecule has 1 aromatic carbocycles. The van der Waals surface area contributed by atoms with E-state index in [0.29, 0.717) is 32.6 Å². The fraction of sp³-hybridized carbons (Fsp3) is 0.700. The first-order chi connectivity index (χ1) is 13.7. The van der Waals surface area contributed by atoms with Gasteiger partial charge in [-0.25, -0.2) is 0 Å². The summed E-state index contributed by atoms with van der Waals surface area (Å²) in [5.74, 6) is 0. The first-order valence-corrected chi connectivity index (χ1v) is 11.7. The zero-order chi connectivity index (χ0) is 21.1. The second-order valence-electron chi connectivity index (χ2n) is 8.04. The van der Waals surface area contributed by atoms with E-state index in [9.17, 15) is 21.6 Å². The summed E-state index contributed by atoms with van der Waals surface area (Å²) in [6.45, 7) is 2.69. The Morgan fingerprint density at radius 2 is 1.62 bits per heavy atom. The van der Waals surface area contributed by atoms with Gasteiger partial charge in [0.25, 0.3) is 10.2 Å². The molecule has 29 heavy (non-hydrogen) atoms. The number of alkyl halides is 3. The van der Waals surface area contributed by atoms with Crippen molar-refractivity contribution in [2.75, 3.05) is 33.2 Å². The largest absolute Gasteiger partial charge is 0.416 e. The van der Waals surface area contributed by atoms with Crippen molar-refractivity contribution < 1.29 is 21.6 Å². The molecule has 0 atom stereocenters. The summed E-state index contributed by atoms with van der Waals surface area (Å²) in [6, 6.07) is 5.28. The third-order valence-corrected chi connectivity index (χ3v) is 8.06. The Hall–Kier alpha value is -1.16. The lowest BCUT2D eigenvalue weighted by Crippen LogP contribution is -2.48. The summed E-state index contributed by atoms with van der Waals surface area (Å²) in [6.07, 6.45) is 1.54. The fourth-order valence-electron chi connectivity index (χ4n) is 4.21. The van der Waals surface area contributed by atoms with Crippen LogP contribution in [0, 0.1) is 0 Å². The third kappa shape index (κ3) is 5.71. The molecule has 1 aliphatic carbocycles. The van der Waals surface area contributed by atoms with Gasteiger partial charge in [0.05, 0.1) is 5.56 Å². The highest BCUT2D eigenvalue weighted by atomic mass is 32.2. The maximum Gasteiger partial charge on any atom is 0.416 e. The number of hydrogen-bond donors (Lipinski definition) is 0. The standard InChI is InChI=1S/C20H30F3N3O2S/c1-24(19-6-3-2-4-7-19)29(27,28)26-13-5-12-25(14-15-26)16-17-8-10-18(11-9-17)20(21,22)23/h8-11,19H,2-7,12-16H2,1H3. The predicted molar refractivity (Wildman–Crippen MR) is 106 cm³/mol. The van der Waals surface area contributed by atoms with Gasteiger partial charge in [-0.3, -0.25) is 4.90 Å². The summed E-state index contributed by atoms with van der Waals surface area (Å²) in [5.41, 5.74) is 0.147. The number of hydrogen-bond acceptors (Lipinski definition) is 3. The van der Waals surface area contributed by atoms with E-state index in [-0.39, 0.29) is 6.04 Å². The number of halogens is 3. The van der Waals surface area contributed by atoms with Gasteiger partial charge in [0.15, 0.2) is 0 Å². The van der Waals surface area contributed by atoms with Crippen molar-refractivity contribution in [3.05, 3.63) is 35.4 Å². The van der Waals surface area contributed by atoms with E-state index in [2.05, 4.69) is 4.90 Å². The van der Waals surface area contributed by atoms with Gasteiger partial charge < -0.3 is 0 Å². The van der Waals surface area contributed by atoms with Crippen LogP contribution in [0.4, 0.5) is 13.2 Å². The zero-order valence-corrected chi connectivity index (χ0v) is 17.7. The van der Waals surface area contributed by atoms with Crippen molar-refractivity contribution >= 4 is 10.2 Å². The van der Waals surface area contributed by atoms with Crippen molar-refractivity contribution in [1.29, 1.82) is 0 Å². The molecular formula is C20H30F3N3O2S. The van der Waals surface area contributed by atoms with Crippen LogP contribution in [0.25, 0.3) is 0 Å². The molecule has 1 saturated heterocycles. The van der Waals surface area contributed by atoms with Crippen LogP contribution in [0.2, 0.25) is 0 Å². The van der Waals surface area contributed by atoms with Gasteiger partial charge in [-0.05, 0) is 43.5 Å². The van der Waals surface area contributed by atoms with E-state index in [4.69, 9.17) is 0 Å².